The van der Waals surface area contributed by atoms with E-state index in [9.17, 15) is 4.79 Å². The lowest BCUT2D eigenvalue weighted by Gasteiger charge is -2.23. The number of rotatable bonds is 4. The summed E-state index contributed by atoms with van der Waals surface area (Å²) in [5, 5.41) is 0. The molecule has 2 N–H and O–H groups in total. The molecule has 0 bridgehead atoms. The zero-order valence-electron chi connectivity index (χ0n) is 10.2. The highest BCUT2D eigenvalue weighted by molar-refractivity contribution is 5.84. The minimum Gasteiger partial charge on any atom is -0.464 e. The Labute approximate surface area is 102 Å². The van der Waals surface area contributed by atoms with Gasteiger partial charge in [-0.05, 0) is 30.4 Å². The van der Waals surface area contributed by atoms with Crippen molar-refractivity contribution in [3.8, 4) is 0 Å². The Morgan fingerprint density at radius 1 is 1.47 bits per heavy atom. The van der Waals surface area contributed by atoms with E-state index in [4.69, 9.17) is 10.5 Å². The van der Waals surface area contributed by atoms with Gasteiger partial charge in [0.15, 0.2) is 0 Å². The first kappa shape index (κ1) is 12.1. The van der Waals surface area contributed by atoms with Crippen LogP contribution in [0.1, 0.15) is 37.3 Å². The Bertz CT molecular complexity index is 416. The minimum atomic E-state index is -0.926. The Hall–Kier alpha value is -1.35. The molecule has 1 aliphatic rings. The van der Waals surface area contributed by atoms with Crippen LogP contribution in [0.2, 0.25) is 0 Å². The van der Waals surface area contributed by atoms with Gasteiger partial charge in [0.05, 0.1) is 6.61 Å². The van der Waals surface area contributed by atoms with Crippen LogP contribution in [0.3, 0.4) is 0 Å². The van der Waals surface area contributed by atoms with Crippen molar-refractivity contribution in [2.75, 3.05) is 6.61 Å². The normalized spacial score (nSPS) is 22.2. The van der Waals surface area contributed by atoms with E-state index in [-0.39, 0.29) is 5.97 Å². The molecular formula is C14H19NO2. The van der Waals surface area contributed by atoms with E-state index in [0.717, 1.165) is 24.8 Å². The van der Waals surface area contributed by atoms with Crippen LogP contribution >= 0.6 is 0 Å². The maximum absolute atomic E-state index is 12.1. The molecule has 0 amide bonds. The van der Waals surface area contributed by atoms with Crippen molar-refractivity contribution in [2.45, 2.75) is 38.1 Å². The number of carbonyl (C=O) groups excluding carboxylic acids is 1. The van der Waals surface area contributed by atoms with Crippen molar-refractivity contribution in [2.24, 2.45) is 5.73 Å². The van der Waals surface area contributed by atoms with Crippen molar-refractivity contribution >= 4 is 5.97 Å². The molecule has 1 atom stereocenters. The molecule has 17 heavy (non-hydrogen) atoms. The van der Waals surface area contributed by atoms with Crippen LogP contribution in [0.15, 0.2) is 24.3 Å². The van der Waals surface area contributed by atoms with Crippen LogP contribution in [-0.2, 0) is 21.5 Å². The first-order chi connectivity index (χ1) is 8.18. The summed E-state index contributed by atoms with van der Waals surface area (Å²) in [5.41, 5.74) is 7.40. The first-order valence-corrected chi connectivity index (χ1v) is 6.23. The van der Waals surface area contributed by atoms with Crippen molar-refractivity contribution in [3.05, 3.63) is 35.4 Å². The van der Waals surface area contributed by atoms with Gasteiger partial charge in [0.1, 0.15) is 5.54 Å². The summed E-state index contributed by atoms with van der Waals surface area (Å²) in [5.74, 6) is -0.282. The van der Waals surface area contributed by atoms with Crippen LogP contribution < -0.4 is 5.73 Å². The lowest BCUT2D eigenvalue weighted by atomic mass is 9.93. The molecule has 3 heteroatoms. The van der Waals surface area contributed by atoms with Crippen LogP contribution in [0.4, 0.5) is 0 Å². The van der Waals surface area contributed by atoms with Gasteiger partial charge in [0.2, 0.25) is 0 Å². The highest BCUT2D eigenvalue weighted by Crippen LogP contribution is 2.35. The van der Waals surface area contributed by atoms with Gasteiger partial charge in [-0.2, -0.15) is 0 Å². The third kappa shape index (κ3) is 2.20. The molecular weight excluding hydrogens is 214 g/mol. The van der Waals surface area contributed by atoms with Gasteiger partial charge in [0, 0.05) is 0 Å². The summed E-state index contributed by atoms with van der Waals surface area (Å²) in [7, 11) is 0. The average Bonchev–Trinajstić information content (AvgIpc) is 2.69. The predicted octanol–water partition coefficient (Wildman–Crippen LogP) is 2.13. The molecule has 0 spiro atoms. The number of aryl methyl sites for hydroxylation is 1. The molecule has 0 saturated carbocycles. The number of esters is 1. The number of nitrogens with two attached hydrogens (primary N) is 1. The summed E-state index contributed by atoms with van der Waals surface area (Å²) in [6.45, 7) is 2.54. The van der Waals surface area contributed by atoms with Crippen LogP contribution in [0.25, 0.3) is 0 Å². The van der Waals surface area contributed by atoms with E-state index >= 15 is 0 Å². The molecule has 1 aromatic rings. The van der Waals surface area contributed by atoms with E-state index in [0.29, 0.717) is 13.0 Å². The van der Waals surface area contributed by atoms with Crippen LogP contribution in [0.5, 0.6) is 0 Å². The molecule has 92 valence electrons. The van der Waals surface area contributed by atoms with Gasteiger partial charge in [-0.1, -0.05) is 37.6 Å². The van der Waals surface area contributed by atoms with Crippen molar-refractivity contribution in [3.63, 3.8) is 0 Å². The second-order valence-corrected chi connectivity index (χ2v) is 4.62. The SMILES string of the molecule is CCCCOC(=O)[C@]1(N)CCc2ccccc21. The maximum Gasteiger partial charge on any atom is 0.330 e. The molecule has 2 rings (SSSR count). The van der Waals surface area contributed by atoms with Gasteiger partial charge < -0.3 is 10.5 Å². The average molecular weight is 233 g/mol. The Morgan fingerprint density at radius 2 is 2.24 bits per heavy atom. The number of hydrogen-bond acceptors (Lipinski definition) is 3. The minimum absolute atomic E-state index is 0.282. The fourth-order valence-corrected chi connectivity index (χ4v) is 2.29. The van der Waals surface area contributed by atoms with Gasteiger partial charge in [-0.3, -0.25) is 0 Å². The molecule has 3 nitrogen and oxygen atoms in total. The molecule has 1 aromatic carbocycles. The van der Waals surface area contributed by atoms with E-state index in [1.165, 1.54) is 5.56 Å². The van der Waals surface area contributed by atoms with Gasteiger partial charge in [-0.25, -0.2) is 4.79 Å². The van der Waals surface area contributed by atoms with Gasteiger partial charge in [0.25, 0.3) is 0 Å². The second-order valence-electron chi connectivity index (χ2n) is 4.62. The quantitative estimate of drug-likeness (QED) is 0.640. The maximum atomic E-state index is 12.1. The highest BCUT2D eigenvalue weighted by atomic mass is 16.5. The van der Waals surface area contributed by atoms with E-state index in [1.807, 2.05) is 24.3 Å². The summed E-state index contributed by atoms with van der Waals surface area (Å²) in [4.78, 5) is 12.1. The molecule has 0 saturated heterocycles. The molecule has 0 fully saturated rings. The summed E-state index contributed by atoms with van der Waals surface area (Å²) < 4.78 is 5.26. The fourth-order valence-electron chi connectivity index (χ4n) is 2.29. The number of fused-ring (bicyclic) bond motifs is 1. The number of carbonyl (C=O) groups is 1. The molecule has 1 aliphatic carbocycles. The lowest BCUT2D eigenvalue weighted by molar-refractivity contribution is -0.150. The van der Waals surface area contributed by atoms with Crippen molar-refractivity contribution < 1.29 is 9.53 Å². The summed E-state index contributed by atoms with van der Waals surface area (Å²) >= 11 is 0. The Kier molecular flexibility index (Phi) is 3.48. The molecule has 0 heterocycles. The summed E-state index contributed by atoms with van der Waals surface area (Å²) in [6.07, 6.45) is 3.41. The molecule has 0 radical (unpaired) electrons. The van der Waals surface area contributed by atoms with Crippen molar-refractivity contribution in [1.82, 2.24) is 0 Å². The fraction of sp³-hybridized carbons (Fsp3) is 0.500. The first-order valence-electron chi connectivity index (χ1n) is 6.23. The van der Waals surface area contributed by atoms with Crippen molar-refractivity contribution in [1.29, 1.82) is 0 Å². The van der Waals surface area contributed by atoms with E-state index < -0.39 is 5.54 Å². The third-order valence-corrected chi connectivity index (χ3v) is 3.38. The third-order valence-electron chi connectivity index (χ3n) is 3.38. The Balaban J connectivity index is 2.13. The van der Waals surface area contributed by atoms with E-state index in [2.05, 4.69) is 6.92 Å². The molecule has 0 aliphatic heterocycles. The second kappa shape index (κ2) is 4.88. The van der Waals surface area contributed by atoms with Gasteiger partial charge in [-0.15, -0.1) is 0 Å². The smallest absolute Gasteiger partial charge is 0.330 e. The summed E-state index contributed by atoms with van der Waals surface area (Å²) in [6, 6.07) is 7.87. The number of benzene rings is 1. The van der Waals surface area contributed by atoms with Gasteiger partial charge >= 0.3 is 5.97 Å². The molecule has 0 aromatic heterocycles. The zero-order valence-corrected chi connectivity index (χ0v) is 10.2. The Morgan fingerprint density at radius 3 is 3.00 bits per heavy atom. The highest BCUT2D eigenvalue weighted by Gasteiger charge is 2.42. The zero-order chi connectivity index (χ0) is 12.3. The standard InChI is InChI=1S/C14H19NO2/c1-2-3-10-17-13(16)14(15)9-8-11-6-4-5-7-12(11)14/h4-7H,2-3,8-10,15H2,1H3/t14-/m0/s1. The van der Waals surface area contributed by atoms with Crippen LogP contribution in [0, 0.1) is 0 Å². The lowest BCUT2D eigenvalue weighted by Crippen LogP contribution is -2.44. The largest absolute Gasteiger partial charge is 0.464 e. The predicted molar refractivity (Wildman–Crippen MR) is 66.5 cm³/mol. The molecule has 0 unspecified atom stereocenters. The topological polar surface area (TPSA) is 52.3 Å². The number of unbranched alkanes of at least 4 members (excludes halogenated alkanes) is 1. The number of hydrogen-bond donors (Lipinski definition) is 1. The monoisotopic (exact) mass is 233 g/mol. The van der Waals surface area contributed by atoms with Crippen LogP contribution in [-0.4, -0.2) is 12.6 Å². The number of ether oxygens (including phenoxy) is 1. The van der Waals surface area contributed by atoms with E-state index in [1.54, 1.807) is 0 Å².